The van der Waals surface area contributed by atoms with E-state index in [-0.39, 0.29) is 12.8 Å². The molecule has 0 N–H and O–H groups in total. The first-order valence-corrected chi connectivity index (χ1v) is 7.60. The van der Waals surface area contributed by atoms with Gasteiger partial charge in [0.15, 0.2) is 0 Å². The predicted octanol–water partition coefficient (Wildman–Crippen LogP) is 5.98. The highest BCUT2D eigenvalue weighted by atomic mass is 79.9. The molecule has 0 bridgehead atoms. The van der Waals surface area contributed by atoms with Gasteiger partial charge in [-0.25, -0.2) is 0 Å². The van der Waals surface area contributed by atoms with Crippen molar-refractivity contribution in [1.29, 1.82) is 0 Å². The van der Waals surface area contributed by atoms with Gasteiger partial charge in [-0.15, -0.1) is 0 Å². The van der Waals surface area contributed by atoms with Crippen molar-refractivity contribution in [3.63, 3.8) is 0 Å². The summed E-state index contributed by atoms with van der Waals surface area (Å²) in [6, 6.07) is 8.24. The SMILES string of the molecule is CC(Br)c1ccc(C2CCC(C(F)(F)F)CC2)cc1. The Morgan fingerprint density at radius 2 is 1.58 bits per heavy atom. The van der Waals surface area contributed by atoms with Gasteiger partial charge in [0.1, 0.15) is 0 Å². The smallest absolute Gasteiger partial charge is 0.171 e. The minimum absolute atomic E-state index is 0.269. The summed E-state index contributed by atoms with van der Waals surface area (Å²) in [4.78, 5) is 0.308. The van der Waals surface area contributed by atoms with Crippen LogP contribution in [0.1, 0.15) is 54.5 Å². The van der Waals surface area contributed by atoms with Gasteiger partial charge in [-0.3, -0.25) is 0 Å². The molecule has 1 saturated carbocycles. The Kier molecular flexibility index (Phi) is 4.59. The first kappa shape index (κ1) is 14.9. The molecule has 0 heterocycles. The second kappa shape index (κ2) is 5.86. The van der Waals surface area contributed by atoms with Crippen LogP contribution in [0.4, 0.5) is 13.2 Å². The van der Waals surface area contributed by atoms with E-state index in [0.717, 1.165) is 0 Å². The van der Waals surface area contributed by atoms with Gasteiger partial charge in [-0.2, -0.15) is 13.2 Å². The van der Waals surface area contributed by atoms with Crippen molar-refractivity contribution >= 4 is 15.9 Å². The first-order valence-electron chi connectivity index (χ1n) is 6.68. The fraction of sp³-hybridized carbons (Fsp3) is 0.600. The van der Waals surface area contributed by atoms with Crippen LogP contribution in [0.3, 0.4) is 0 Å². The molecule has 1 unspecified atom stereocenters. The van der Waals surface area contributed by atoms with Crippen LogP contribution in [-0.4, -0.2) is 6.18 Å². The Morgan fingerprint density at radius 3 is 2.00 bits per heavy atom. The van der Waals surface area contributed by atoms with Crippen LogP contribution < -0.4 is 0 Å². The molecule has 0 aliphatic heterocycles. The quantitative estimate of drug-likeness (QED) is 0.583. The van der Waals surface area contributed by atoms with Gasteiger partial charge in [-0.1, -0.05) is 40.2 Å². The zero-order valence-corrected chi connectivity index (χ0v) is 12.5. The maximum Gasteiger partial charge on any atom is 0.391 e. The molecule has 0 amide bonds. The molecule has 0 aromatic heterocycles. The fourth-order valence-corrected chi connectivity index (χ4v) is 3.09. The zero-order chi connectivity index (χ0) is 14.0. The van der Waals surface area contributed by atoms with Crippen LogP contribution in [0, 0.1) is 5.92 Å². The Balaban J connectivity index is 1.98. The van der Waals surface area contributed by atoms with E-state index in [1.807, 2.05) is 0 Å². The van der Waals surface area contributed by atoms with Crippen molar-refractivity contribution < 1.29 is 13.2 Å². The predicted molar refractivity (Wildman–Crippen MR) is 74.5 cm³/mol. The highest BCUT2D eigenvalue weighted by molar-refractivity contribution is 9.09. The molecule has 1 fully saturated rings. The van der Waals surface area contributed by atoms with E-state index in [4.69, 9.17) is 0 Å². The molecule has 1 atom stereocenters. The summed E-state index contributed by atoms with van der Waals surface area (Å²) >= 11 is 3.51. The van der Waals surface area contributed by atoms with E-state index in [2.05, 4.69) is 47.1 Å². The lowest BCUT2D eigenvalue weighted by Gasteiger charge is -2.30. The van der Waals surface area contributed by atoms with Gasteiger partial charge in [-0.05, 0) is 49.7 Å². The summed E-state index contributed by atoms with van der Waals surface area (Å²) in [5.74, 6) is -0.802. The summed E-state index contributed by atoms with van der Waals surface area (Å²) in [5.41, 5.74) is 2.38. The largest absolute Gasteiger partial charge is 0.391 e. The molecule has 0 spiro atoms. The number of halogens is 4. The van der Waals surface area contributed by atoms with E-state index in [0.29, 0.717) is 23.6 Å². The summed E-state index contributed by atoms with van der Waals surface area (Å²) in [5, 5.41) is 0. The molecule has 1 aromatic carbocycles. The van der Waals surface area contributed by atoms with Gasteiger partial charge < -0.3 is 0 Å². The second-order valence-electron chi connectivity index (χ2n) is 5.37. The molecular formula is C15H18BrF3. The monoisotopic (exact) mass is 334 g/mol. The van der Waals surface area contributed by atoms with Gasteiger partial charge in [0.25, 0.3) is 0 Å². The van der Waals surface area contributed by atoms with E-state index in [1.54, 1.807) is 0 Å². The standard InChI is InChI=1S/C15H18BrF3/c1-10(16)11-2-4-12(5-3-11)13-6-8-14(9-7-13)15(17,18)19/h2-5,10,13-14H,6-9H2,1H3. The van der Waals surface area contributed by atoms with Crippen molar-refractivity contribution in [3.8, 4) is 0 Å². The summed E-state index contributed by atoms with van der Waals surface area (Å²) in [7, 11) is 0. The molecule has 19 heavy (non-hydrogen) atoms. The van der Waals surface area contributed by atoms with Crippen LogP contribution in [0.2, 0.25) is 0 Å². The third-order valence-electron chi connectivity index (χ3n) is 4.06. The molecule has 1 aliphatic carbocycles. The third kappa shape index (κ3) is 3.74. The van der Waals surface area contributed by atoms with Crippen LogP contribution in [0.5, 0.6) is 0 Å². The molecule has 0 nitrogen and oxygen atoms in total. The first-order chi connectivity index (χ1) is 8.88. The average Bonchev–Trinajstić information content (AvgIpc) is 2.38. The number of rotatable bonds is 2. The number of hydrogen-bond acceptors (Lipinski definition) is 0. The second-order valence-corrected chi connectivity index (χ2v) is 6.75. The zero-order valence-electron chi connectivity index (χ0n) is 10.9. The van der Waals surface area contributed by atoms with E-state index >= 15 is 0 Å². The average molecular weight is 335 g/mol. The Bertz CT molecular complexity index is 400. The van der Waals surface area contributed by atoms with Crippen LogP contribution >= 0.6 is 15.9 Å². The van der Waals surface area contributed by atoms with Crippen LogP contribution in [0.15, 0.2) is 24.3 Å². The summed E-state index contributed by atoms with van der Waals surface area (Å²) in [6.07, 6.45) is -2.18. The lowest BCUT2D eigenvalue weighted by molar-refractivity contribution is -0.182. The molecular weight excluding hydrogens is 317 g/mol. The van der Waals surface area contributed by atoms with Crippen molar-refractivity contribution in [1.82, 2.24) is 0 Å². The molecule has 1 aliphatic rings. The number of alkyl halides is 4. The molecule has 2 rings (SSSR count). The number of benzene rings is 1. The minimum Gasteiger partial charge on any atom is -0.171 e. The molecule has 4 heteroatoms. The van der Waals surface area contributed by atoms with Crippen molar-refractivity contribution in [3.05, 3.63) is 35.4 Å². The maximum absolute atomic E-state index is 12.6. The van der Waals surface area contributed by atoms with E-state index in [1.165, 1.54) is 11.1 Å². The lowest BCUT2D eigenvalue weighted by Crippen LogP contribution is -2.27. The third-order valence-corrected chi connectivity index (χ3v) is 4.59. The normalized spacial score (nSPS) is 26.2. The van der Waals surface area contributed by atoms with Gasteiger partial charge in [0, 0.05) is 4.83 Å². The lowest BCUT2D eigenvalue weighted by atomic mass is 9.78. The summed E-state index contributed by atoms with van der Waals surface area (Å²) < 4.78 is 37.8. The van der Waals surface area contributed by atoms with Gasteiger partial charge in [0.2, 0.25) is 0 Å². The molecule has 0 saturated heterocycles. The van der Waals surface area contributed by atoms with Crippen molar-refractivity contribution in [2.45, 2.75) is 49.5 Å². The maximum atomic E-state index is 12.6. The van der Waals surface area contributed by atoms with Gasteiger partial charge >= 0.3 is 6.18 Å². The van der Waals surface area contributed by atoms with Crippen LogP contribution in [-0.2, 0) is 0 Å². The van der Waals surface area contributed by atoms with Crippen LogP contribution in [0.25, 0.3) is 0 Å². The molecule has 0 radical (unpaired) electrons. The topological polar surface area (TPSA) is 0 Å². The van der Waals surface area contributed by atoms with E-state index < -0.39 is 12.1 Å². The molecule has 106 valence electrons. The highest BCUT2D eigenvalue weighted by Gasteiger charge is 2.41. The van der Waals surface area contributed by atoms with Gasteiger partial charge in [0.05, 0.1) is 5.92 Å². The van der Waals surface area contributed by atoms with Crippen molar-refractivity contribution in [2.75, 3.05) is 0 Å². The summed E-state index contributed by atoms with van der Waals surface area (Å²) in [6.45, 7) is 2.06. The Labute approximate surface area is 120 Å². The highest BCUT2D eigenvalue weighted by Crippen LogP contribution is 2.43. The fourth-order valence-electron chi connectivity index (χ4n) is 2.79. The molecule has 1 aromatic rings. The Morgan fingerprint density at radius 1 is 1.05 bits per heavy atom. The van der Waals surface area contributed by atoms with E-state index in [9.17, 15) is 13.2 Å². The van der Waals surface area contributed by atoms with Crippen molar-refractivity contribution in [2.24, 2.45) is 5.92 Å². The Hall–Kier alpha value is -0.510. The minimum atomic E-state index is -4.01. The number of hydrogen-bond donors (Lipinski definition) is 0.